The van der Waals surface area contributed by atoms with Crippen LogP contribution >= 0.6 is 0 Å². The van der Waals surface area contributed by atoms with Gasteiger partial charge in [0.05, 0.1) is 5.56 Å². The van der Waals surface area contributed by atoms with Crippen LogP contribution in [0.3, 0.4) is 0 Å². The van der Waals surface area contributed by atoms with Gasteiger partial charge in [0, 0.05) is 12.4 Å². The van der Waals surface area contributed by atoms with E-state index in [-0.39, 0.29) is 17.2 Å². The van der Waals surface area contributed by atoms with Crippen LogP contribution in [-0.2, 0) is 6.42 Å². The number of nitrogens with zero attached hydrogens (tertiary/aromatic N) is 4. The third-order valence-corrected chi connectivity index (χ3v) is 3.63. The molecule has 0 saturated carbocycles. The van der Waals surface area contributed by atoms with Crippen molar-refractivity contribution in [3.8, 4) is 6.07 Å². The van der Waals surface area contributed by atoms with E-state index in [4.69, 9.17) is 5.26 Å². The minimum atomic E-state index is -0.535. The molecule has 0 aliphatic heterocycles. The molecule has 7 heteroatoms. The van der Waals surface area contributed by atoms with Crippen molar-refractivity contribution in [3.05, 3.63) is 82.8 Å². The molecule has 0 fully saturated rings. The van der Waals surface area contributed by atoms with Crippen molar-refractivity contribution in [2.75, 3.05) is 5.32 Å². The number of aryl methyl sites for hydroxylation is 1. The molecule has 0 bridgehead atoms. The fourth-order valence-electron chi connectivity index (χ4n) is 2.37. The predicted molar refractivity (Wildman–Crippen MR) is 92.9 cm³/mol. The summed E-state index contributed by atoms with van der Waals surface area (Å²) in [7, 11) is 0. The fraction of sp³-hybridized carbons (Fsp3) is 0.105. The first kappa shape index (κ1) is 17.2. The Morgan fingerprint density at radius 2 is 2.00 bits per heavy atom. The number of halogens is 1. The molecule has 0 radical (unpaired) electrons. The molecule has 1 N–H and O–H groups in total. The monoisotopic (exact) mass is 347 g/mol. The van der Waals surface area contributed by atoms with Crippen LogP contribution < -0.4 is 5.32 Å². The summed E-state index contributed by atoms with van der Waals surface area (Å²) in [6, 6.07) is 11.3. The number of rotatable bonds is 4. The molecule has 0 atom stereocenters. The van der Waals surface area contributed by atoms with E-state index in [1.54, 1.807) is 25.3 Å². The molecule has 1 aromatic carbocycles. The zero-order valence-corrected chi connectivity index (χ0v) is 13.9. The van der Waals surface area contributed by atoms with Gasteiger partial charge >= 0.3 is 0 Å². The van der Waals surface area contributed by atoms with Crippen molar-refractivity contribution in [1.82, 2.24) is 15.0 Å². The molecule has 0 unspecified atom stereocenters. The van der Waals surface area contributed by atoms with Crippen LogP contribution in [0.25, 0.3) is 0 Å². The fourth-order valence-corrected chi connectivity index (χ4v) is 2.37. The molecule has 1 amide bonds. The Bertz CT molecular complexity index is 996. The second kappa shape index (κ2) is 7.49. The van der Waals surface area contributed by atoms with Gasteiger partial charge in [-0.25, -0.2) is 19.3 Å². The second-order valence-electron chi connectivity index (χ2n) is 5.60. The van der Waals surface area contributed by atoms with Gasteiger partial charge in [0.25, 0.3) is 5.91 Å². The molecule has 0 aliphatic carbocycles. The summed E-state index contributed by atoms with van der Waals surface area (Å²) in [5.74, 6) is 0.00386. The lowest BCUT2D eigenvalue weighted by Gasteiger charge is -2.06. The molecule has 128 valence electrons. The van der Waals surface area contributed by atoms with E-state index in [1.165, 1.54) is 24.4 Å². The van der Waals surface area contributed by atoms with E-state index in [1.807, 2.05) is 12.1 Å². The standard InChI is InChI=1S/C19H14FN5O/c1-12-22-7-6-17(24-12)19(26)25-18-5-3-14(11-23-18)8-13-2-4-16(20)15(9-13)10-21/h2-7,9,11H,8H2,1H3,(H,23,25,26). The van der Waals surface area contributed by atoms with Crippen LogP contribution in [0.2, 0.25) is 0 Å². The first-order chi connectivity index (χ1) is 12.5. The third-order valence-electron chi connectivity index (χ3n) is 3.63. The summed E-state index contributed by atoms with van der Waals surface area (Å²) in [5.41, 5.74) is 1.95. The van der Waals surface area contributed by atoms with E-state index in [9.17, 15) is 9.18 Å². The minimum absolute atomic E-state index is 0.0134. The Balaban J connectivity index is 1.69. The van der Waals surface area contributed by atoms with Gasteiger partial charge in [-0.3, -0.25) is 4.79 Å². The lowest BCUT2D eigenvalue weighted by Crippen LogP contribution is -2.15. The summed E-state index contributed by atoms with van der Waals surface area (Å²) in [6.07, 6.45) is 3.64. The van der Waals surface area contributed by atoms with E-state index >= 15 is 0 Å². The molecule has 3 aromatic rings. The normalized spacial score (nSPS) is 10.2. The Kier molecular flexibility index (Phi) is 4.94. The van der Waals surface area contributed by atoms with Gasteiger partial charge in [-0.2, -0.15) is 5.26 Å². The first-order valence-corrected chi connectivity index (χ1v) is 7.79. The van der Waals surface area contributed by atoms with Gasteiger partial charge in [0.15, 0.2) is 0 Å². The molecule has 26 heavy (non-hydrogen) atoms. The summed E-state index contributed by atoms with van der Waals surface area (Å²) in [6.45, 7) is 1.71. The van der Waals surface area contributed by atoms with Gasteiger partial charge in [0.1, 0.15) is 29.2 Å². The van der Waals surface area contributed by atoms with E-state index < -0.39 is 5.82 Å². The van der Waals surface area contributed by atoms with Gasteiger partial charge < -0.3 is 5.32 Å². The molecule has 0 aliphatic rings. The average molecular weight is 347 g/mol. The largest absolute Gasteiger partial charge is 0.305 e. The molecule has 0 saturated heterocycles. The number of carbonyl (C=O) groups excluding carboxylic acids is 1. The van der Waals surface area contributed by atoms with Crippen molar-refractivity contribution in [1.29, 1.82) is 5.26 Å². The molecule has 6 nitrogen and oxygen atoms in total. The number of carbonyl (C=O) groups is 1. The van der Waals surface area contributed by atoms with Crippen molar-refractivity contribution < 1.29 is 9.18 Å². The minimum Gasteiger partial charge on any atom is -0.305 e. The smallest absolute Gasteiger partial charge is 0.275 e. The Hall–Kier alpha value is -3.66. The van der Waals surface area contributed by atoms with Crippen molar-refractivity contribution in [2.45, 2.75) is 13.3 Å². The molecule has 3 rings (SSSR count). The molecule has 2 heterocycles. The number of amides is 1. The summed E-state index contributed by atoms with van der Waals surface area (Å²) in [4.78, 5) is 24.4. The topological polar surface area (TPSA) is 91.6 Å². The van der Waals surface area contributed by atoms with Crippen LogP contribution in [0.5, 0.6) is 0 Å². The highest BCUT2D eigenvalue weighted by atomic mass is 19.1. The number of aromatic nitrogens is 3. The highest BCUT2D eigenvalue weighted by molar-refractivity contribution is 6.02. The zero-order valence-electron chi connectivity index (χ0n) is 13.9. The first-order valence-electron chi connectivity index (χ1n) is 7.79. The van der Waals surface area contributed by atoms with Crippen LogP contribution in [-0.4, -0.2) is 20.9 Å². The Labute approximate surface area is 149 Å². The van der Waals surface area contributed by atoms with Gasteiger partial charge in [0.2, 0.25) is 0 Å². The maximum absolute atomic E-state index is 13.4. The van der Waals surface area contributed by atoms with E-state index in [2.05, 4.69) is 20.3 Å². The Morgan fingerprint density at radius 1 is 1.19 bits per heavy atom. The number of pyridine rings is 1. The molecular formula is C19H14FN5O. The SMILES string of the molecule is Cc1nccc(C(=O)Nc2ccc(Cc3ccc(F)c(C#N)c3)cn2)n1. The van der Waals surface area contributed by atoms with Crippen molar-refractivity contribution in [2.24, 2.45) is 0 Å². The van der Waals surface area contributed by atoms with Crippen LogP contribution in [0.4, 0.5) is 10.2 Å². The lowest BCUT2D eigenvalue weighted by atomic mass is 10.0. The lowest BCUT2D eigenvalue weighted by molar-refractivity contribution is 0.102. The quantitative estimate of drug-likeness (QED) is 0.783. The highest BCUT2D eigenvalue weighted by Crippen LogP contribution is 2.15. The molecule has 0 spiro atoms. The summed E-state index contributed by atoms with van der Waals surface area (Å²) < 4.78 is 13.4. The maximum atomic E-state index is 13.4. The average Bonchev–Trinajstić information content (AvgIpc) is 2.65. The highest BCUT2D eigenvalue weighted by Gasteiger charge is 2.09. The number of nitrogens with one attached hydrogen (secondary N) is 1. The van der Waals surface area contributed by atoms with Crippen molar-refractivity contribution >= 4 is 11.7 Å². The van der Waals surface area contributed by atoms with Gasteiger partial charge in [-0.15, -0.1) is 0 Å². The van der Waals surface area contributed by atoms with Crippen molar-refractivity contribution in [3.63, 3.8) is 0 Å². The predicted octanol–water partition coefficient (Wildman–Crippen LogP) is 3.03. The Morgan fingerprint density at radius 3 is 2.69 bits per heavy atom. The van der Waals surface area contributed by atoms with E-state index in [0.29, 0.717) is 18.1 Å². The molecular weight excluding hydrogens is 333 g/mol. The third kappa shape index (κ3) is 4.05. The number of anilines is 1. The number of hydrogen-bond donors (Lipinski definition) is 1. The zero-order chi connectivity index (χ0) is 18.5. The second-order valence-corrected chi connectivity index (χ2v) is 5.60. The number of nitriles is 1. The van der Waals surface area contributed by atoms with Gasteiger partial charge in [-0.1, -0.05) is 12.1 Å². The summed E-state index contributed by atoms with van der Waals surface area (Å²) in [5, 5.41) is 11.6. The number of hydrogen-bond acceptors (Lipinski definition) is 5. The van der Waals surface area contributed by atoms with Crippen LogP contribution in [0, 0.1) is 24.1 Å². The van der Waals surface area contributed by atoms with E-state index in [0.717, 1.165) is 11.1 Å². The van der Waals surface area contributed by atoms with Gasteiger partial charge in [-0.05, 0) is 48.7 Å². The summed E-state index contributed by atoms with van der Waals surface area (Å²) >= 11 is 0. The van der Waals surface area contributed by atoms with Crippen LogP contribution in [0.1, 0.15) is 33.0 Å². The van der Waals surface area contributed by atoms with Crippen LogP contribution in [0.15, 0.2) is 48.8 Å². The number of benzene rings is 1. The maximum Gasteiger partial charge on any atom is 0.275 e. The molecule has 2 aromatic heterocycles.